The van der Waals surface area contributed by atoms with Gasteiger partial charge in [-0.2, -0.15) is 8.78 Å². The Labute approximate surface area is 167 Å². The van der Waals surface area contributed by atoms with Gasteiger partial charge in [0, 0.05) is 11.4 Å². The predicted molar refractivity (Wildman–Crippen MR) is 103 cm³/mol. The number of hydrogen-bond acceptors (Lipinski definition) is 7. The van der Waals surface area contributed by atoms with Gasteiger partial charge in [0.1, 0.15) is 5.75 Å². The van der Waals surface area contributed by atoms with Crippen molar-refractivity contribution < 1.29 is 18.3 Å². The lowest BCUT2D eigenvalue weighted by Gasteiger charge is -2.09. The molecule has 1 amide bonds. The Balaban J connectivity index is 1.81. The number of halogens is 3. The van der Waals surface area contributed by atoms with E-state index in [2.05, 4.69) is 27.2 Å². The molecule has 2 aromatic rings. The molecule has 2 rings (SSSR count). The number of carbonyl (C=O) groups excluding carboxylic acids is 1. The number of amides is 1. The minimum Gasteiger partial charge on any atom is -0.433 e. The molecule has 0 aliphatic rings. The summed E-state index contributed by atoms with van der Waals surface area (Å²) in [4.78, 5) is 12.0. The van der Waals surface area contributed by atoms with E-state index in [0.29, 0.717) is 5.69 Å². The highest BCUT2D eigenvalue weighted by Crippen LogP contribution is 2.30. The fourth-order valence-electron chi connectivity index (χ4n) is 1.71. The van der Waals surface area contributed by atoms with Crippen LogP contribution in [0.4, 0.5) is 14.5 Å². The lowest BCUT2D eigenvalue weighted by Crippen LogP contribution is -2.14. The van der Waals surface area contributed by atoms with Crippen LogP contribution in [-0.4, -0.2) is 34.2 Å². The first-order chi connectivity index (χ1) is 12.5. The molecule has 5 nitrogen and oxygen atoms in total. The molecule has 0 saturated heterocycles. The number of ether oxygens (including phenoxy) is 1. The highest BCUT2D eigenvalue weighted by Gasteiger charge is 2.12. The number of rotatable bonds is 10. The molecule has 0 fully saturated rings. The van der Waals surface area contributed by atoms with Gasteiger partial charge in [-0.15, -0.1) is 10.2 Å². The molecule has 0 saturated carbocycles. The number of nitrogens with zero attached hydrogens (tertiary/aromatic N) is 2. The van der Waals surface area contributed by atoms with Gasteiger partial charge in [0.05, 0.1) is 10.8 Å². The molecular weight excluding hydrogens is 424 g/mol. The first-order valence-electron chi connectivity index (χ1n) is 7.61. The Hall–Kier alpha value is -1.10. The number of unbranched alkanes of at least 4 members (excludes halogenated alkanes) is 1. The highest BCUT2D eigenvalue weighted by molar-refractivity contribution is 8.03. The third-order valence-electron chi connectivity index (χ3n) is 2.87. The minimum absolute atomic E-state index is 0.00591. The molecule has 0 spiro atoms. The van der Waals surface area contributed by atoms with Crippen LogP contribution >= 0.6 is 46.5 Å². The summed E-state index contributed by atoms with van der Waals surface area (Å²) in [5.74, 6) is 0.753. The third kappa shape index (κ3) is 7.26. The zero-order valence-corrected chi connectivity index (χ0v) is 16.9. The Morgan fingerprint density at radius 1 is 1.35 bits per heavy atom. The normalized spacial score (nSPS) is 11.0. The molecule has 0 atom stereocenters. The van der Waals surface area contributed by atoms with Crippen molar-refractivity contribution in [1.29, 1.82) is 0 Å². The van der Waals surface area contributed by atoms with Crippen LogP contribution < -0.4 is 10.1 Å². The van der Waals surface area contributed by atoms with Crippen LogP contribution in [0.1, 0.15) is 19.8 Å². The molecular formula is C15H16ClF2N3O2S3. The van der Waals surface area contributed by atoms with Gasteiger partial charge < -0.3 is 10.1 Å². The first-order valence-corrected chi connectivity index (χ1v) is 10.8. The Morgan fingerprint density at radius 3 is 2.73 bits per heavy atom. The van der Waals surface area contributed by atoms with E-state index >= 15 is 0 Å². The van der Waals surface area contributed by atoms with E-state index in [1.165, 1.54) is 41.3 Å². The molecule has 26 heavy (non-hydrogen) atoms. The van der Waals surface area contributed by atoms with E-state index in [-0.39, 0.29) is 22.4 Å². The van der Waals surface area contributed by atoms with E-state index in [1.54, 1.807) is 11.8 Å². The van der Waals surface area contributed by atoms with Crippen molar-refractivity contribution >= 4 is 58.1 Å². The van der Waals surface area contributed by atoms with E-state index in [4.69, 9.17) is 11.6 Å². The maximum absolute atomic E-state index is 12.2. The van der Waals surface area contributed by atoms with Crippen molar-refractivity contribution in [1.82, 2.24) is 10.2 Å². The average Bonchev–Trinajstić information content (AvgIpc) is 3.03. The summed E-state index contributed by atoms with van der Waals surface area (Å²) in [7, 11) is 0. The van der Waals surface area contributed by atoms with E-state index in [9.17, 15) is 13.6 Å². The highest BCUT2D eigenvalue weighted by atomic mass is 35.5. The summed E-state index contributed by atoms with van der Waals surface area (Å²) in [6.07, 6.45) is 2.26. The van der Waals surface area contributed by atoms with Gasteiger partial charge >= 0.3 is 6.61 Å². The summed E-state index contributed by atoms with van der Waals surface area (Å²) in [5.41, 5.74) is 0.398. The second kappa shape index (κ2) is 10.9. The van der Waals surface area contributed by atoms with Crippen LogP contribution in [0.3, 0.4) is 0 Å². The SMILES string of the molecule is CCCCSc1nnc(SCC(=O)Nc2ccc(OC(F)F)c(Cl)c2)s1. The number of thioether (sulfide) groups is 2. The number of nitrogens with one attached hydrogen (secondary N) is 1. The van der Waals surface area contributed by atoms with Crippen LogP contribution in [0.25, 0.3) is 0 Å². The van der Waals surface area contributed by atoms with Crippen molar-refractivity contribution in [3.63, 3.8) is 0 Å². The number of alkyl halides is 2. The van der Waals surface area contributed by atoms with Crippen LogP contribution in [0, 0.1) is 0 Å². The summed E-state index contributed by atoms with van der Waals surface area (Å²) >= 11 is 10.3. The van der Waals surface area contributed by atoms with Crippen molar-refractivity contribution in [2.75, 3.05) is 16.8 Å². The van der Waals surface area contributed by atoms with Crippen molar-refractivity contribution in [2.45, 2.75) is 35.1 Å². The molecule has 0 unspecified atom stereocenters. The minimum atomic E-state index is -2.96. The lowest BCUT2D eigenvalue weighted by atomic mass is 10.3. The van der Waals surface area contributed by atoms with Gasteiger partial charge in [-0.3, -0.25) is 4.79 Å². The van der Waals surface area contributed by atoms with Gasteiger partial charge in [0.2, 0.25) is 5.91 Å². The van der Waals surface area contributed by atoms with Crippen molar-refractivity contribution in [2.24, 2.45) is 0 Å². The molecule has 1 heterocycles. The number of anilines is 1. The fourth-order valence-corrected chi connectivity index (χ4v) is 4.91. The first kappa shape index (κ1) is 21.2. The maximum Gasteiger partial charge on any atom is 0.387 e. The molecule has 142 valence electrons. The molecule has 0 bridgehead atoms. The number of carbonyl (C=O) groups is 1. The second-order valence-corrected chi connectivity index (χ2v) is 8.85. The van der Waals surface area contributed by atoms with Gasteiger partial charge in [0.25, 0.3) is 0 Å². The molecule has 0 radical (unpaired) electrons. The van der Waals surface area contributed by atoms with Crippen molar-refractivity contribution in [3.05, 3.63) is 23.2 Å². The predicted octanol–water partition coefficient (Wildman–Crippen LogP) is 5.42. The number of hydrogen-bond donors (Lipinski definition) is 1. The monoisotopic (exact) mass is 439 g/mol. The van der Waals surface area contributed by atoms with Crippen LogP contribution in [-0.2, 0) is 4.79 Å². The zero-order chi connectivity index (χ0) is 18.9. The summed E-state index contributed by atoms with van der Waals surface area (Å²) < 4.78 is 30.3. The summed E-state index contributed by atoms with van der Waals surface area (Å²) in [6.45, 7) is -0.825. The molecule has 0 aliphatic carbocycles. The maximum atomic E-state index is 12.2. The zero-order valence-electron chi connectivity index (χ0n) is 13.7. The van der Waals surface area contributed by atoms with E-state index in [0.717, 1.165) is 27.3 Å². The van der Waals surface area contributed by atoms with Gasteiger partial charge in [-0.05, 0) is 24.6 Å². The standard InChI is InChI=1S/C15H16ClF2N3O2S3/c1-2-3-6-24-14-20-21-15(26-14)25-8-12(22)19-9-4-5-11(10(16)7-9)23-13(17)18/h4-5,7,13H,2-3,6,8H2,1H3,(H,19,22). The van der Waals surface area contributed by atoms with Crippen LogP contribution in [0.15, 0.2) is 26.9 Å². The quantitative estimate of drug-likeness (QED) is 0.394. The lowest BCUT2D eigenvalue weighted by molar-refractivity contribution is -0.113. The second-order valence-electron chi connectivity index (χ2n) is 4.90. The van der Waals surface area contributed by atoms with Gasteiger partial charge in [-0.1, -0.05) is 59.8 Å². The smallest absolute Gasteiger partial charge is 0.387 e. The average molecular weight is 440 g/mol. The molecule has 1 aromatic heterocycles. The largest absolute Gasteiger partial charge is 0.433 e. The van der Waals surface area contributed by atoms with E-state index < -0.39 is 6.61 Å². The number of benzene rings is 1. The van der Waals surface area contributed by atoms with Crippen LogP contribution in [0.5, 0.6) is 5.75 Å². The van der Waals surface area contributed by atoms with Gasteiger partial charge in [-0.25, -0.2) is 0 Å². The number of aromatic nitrogens is 2. The molecule has 0 aliphatic heterocycles. The third-order valence-corrected chi connectivity index (χ3v) is 6.44. The molecule has 1 aromatic carbocycles. The Morgan fingerprint density at radius 2 is 2.08 bits per heavy atom. The molecule has 11 heteroatoms. The Bertz CT molecular complexity index is 734. The fraction of sp³-hybridized carbons (Fsp3) is 0.400. The van der Waals surface area contributed by atoms with Crippen LogP contribution in [0.2, 0.25) is 5.02 Å². The summed E-state index contributed by atoms with van der Waals surface area (Å²) in [6, 6.07) is 4.08. The van der Waals surface area contributed by atoms with E-state index in [1.807, 2.05) is 0 Å². The van der Waals surface area contributed by atoms with Crippen molar-refractivity contribution in [3.8, 4) is 5.75 Å². The summed E-state index contributed by atoms with van der Waals surface area (Å²) in [5, 5.41) is 10.8. The molecule has 1 N–H and O–H groups in total. The van der Waals surface area contributed by atoms with Gasteiger partial charge in [0.15, 0.2) is 8.68 Å². The topological polar surface area (TPSA) is 64.1 Å². The Kier molecular flexibility index (Phi) is 8.89.